The minimum atomic E-state index is -1.06. The zero-order valence-electron chi connectivity index (χ0n) is 18.0. The molecule has 0 atom stereocenters. The Morgan fingerprint density at radius 3 is 2.56 bits per heavy atom. The molecular weight excluding hydrogens is 507 g/mol. The number of nitrogens with zero attached hydrogens (tertiary/aromatic N) is 1. The Morgan fingerprint density at radius 1 is 1.00 bits per heavy atom. The van der Waals surface area contributed by atoms with Crippen molar-refractivity contribution < 1.29 is 23.5 Å². The number of anilines is 2. The van der Waals surface area contributed by atoms with E-state index < -0.39 is 17.6 Å². The number of hydrogen-bond donors (Lipinski definition) is 3. The molecule has 3 N–H and O–H groups in total. The molecule has 0 radical (unpaired) electrons. The Bertz CT molecular complexity index is 1250. The van der Waals surface area contributed by atoms with Crippen LogP contribution < -0.4 is 20.8 Å². The summed E-state index contributed by atoms with van der Waals surface area (Å²) in [6, 6.07) is 17.6. The molecule has 0 spiro atoms. The molecule has 3 rings (SSSR count). The molecule has 0 aromatic heterocycles. The van der Waals surface area contributed by atoms with Crippen LogP contribution in [0.5, 0.6) is 5.75 Å². The standard InChI is InChI=1S/C24H20BrFN4O4/c1-15-11-17(9-10-19(15)25)28-22(31)14-34-18-6-4-5-16(12-18)13-27-30-24(33)23(32)29-21-8-3-2-7-20(21)26/h2-13H,14H2,1H3,(H,28,31)(H,29,32)(H,30,33)/b27-13-. The third-order valence-electron chi connectivity index (χ3n) is 4.38. The highest BCUT2D eigenvalue weighted by Gasteiger charge is 2.14. The van der Waals surface area contributed by atoms with Gasteiger partial charge in [-0.2, -0.15) is 5.10 Å². The monoisotopic (exact) mass is 526 g/mol. The Balaban J connectivity index is 1.49. The maximum absolute atomic E-state index is 13.6. The van der Waals surface area contributed by atoms with Gasteiger partial charge in [0.15, 0.2) is 6.61 Å². The van der Waals surface area contributed by atoms with Gasteiger partial charge in [0, 0.05) is 10.2 Å². The molecule has 0 unspecified atom stereocenters. The van der Waals surface area contributed by atoms with Gasteiger partial charge in [-0.3, -0.25) is 14.4 Å². The number of nitrogens with one attached hydrogen (secondary N) is 3. The first-order valence-corrected chi connectivity index (χ1v) is 10.8. The van der Waals surface area contributed by atoms with E-state index in [2.05, 4.69) is 37.1 Å². The summed E-state index contributed by atoms with van der Waals surface area (Å²) in [4.78, 5) is 35.9. The highest BCUT2D eigenvalue weighted by molar-refractivity contribution is 9.10. The van der Waals surface area contributed by atoms with Crippen molar-refractivity contribution in [3.63, 3.8) is 0 Å². The van der Waals surface area contributed by atoms with Crippen LogP contribution in [0, 0.1) is 12.7 Å². The number of para-hydroxylation sites is 1. The van der Waals surface area contributed by atoms with Crippen molar-refractivity contribution in [2.24, 2.45) is 5.10 Å². The van der Waals surface area contributed by atoms with Crippen LogP contribution in [-0.4, -0.2) is 30.5 Å². The zero-order valence-corrected chi connectivity index (χ0v) is 19.6. The number of halogens is 2. The van der Waals surface area contributed by atoms with Gasteiger partial charge in [0.2, 0.25) is 0 Å². The molecule has 3 amide bonds. The summed E-state index contributed by atoms with van der Waals surface area (Å²) in [5.41, 5.74) is 4.15. The van der Waals surface area contributed by atoms with Crippen LogP contribution in [0.4, 0.5) is 15.8 Å². The largest absolute Gasteiger partial charge is 0.484 e. The van der Waals surface area contributed by atoms with Crippen molar-refractivity contribution in [3.05, 3.63) is 88.1 Å². The van der Waals surface area contributed by atoms with E-state index >= 15 is 0 Å². The summed E-state index contributed by atoms with van der Waals surface area (Å²) in [6.07, 6.45) is 1.30. The van der Waals surface area contributed by atoms with Crippen LogP contribution in [0.3, 0.4) is 0 Å². The lowest BCUT2D eigenvalue weighted by Crippen LogP contribution is -2.32. The lowest BCUT2D eigenvalue weighted by molar-refractivity contribution is -0.136. The number of carbonyl (C=O) groups excluding carboxylic acids is 3. The van der Waals surface area contributed by atoms with Crippen LogP contribution in [0.25, 0.3) is 0 Å². The number of ether oxygens (including phenoxy) is 1. The fourth-order valence-corrected chi connectivity index (χ4v) is 2.96. The van der Waals surface area contributed by atoms with E-state index in [0.717, 1.165) is 16.1 Å². The maximum atomic E-state index is 13.6. The predicted molar refractivity (Wildman–Crippen MR) is 130 cm³/mol. The lowest BCUT2D eigenvalue weighted by Gasteiger charge is -2.09. The highest BCUT2D eigenvalue weighted by Crippen LogP contribution is 2.20. The molecule has 0 fully saturated rings. The molecule has 0 bridgehead atoms. The molecule has 8 nitrogen and oxygen atoms in total. The average molecular weight is 527 g/mol. The van der Waals surface area contributed by atoms with Crippen LogP contribution in [0.1, 0.15) is 11.1 Å². The quantitative estimate of drug-likeness (QED) is 0.245. The Kier molecular flexibility index (Phi) is 8.47. The van der Waals surface area contributed by atoms with E-state index in [9.17, 15) is 18.8 Å². The van der Waals surface area contributed by atoms with Gasteiger partial charge in [0.1, 0.15) is 11.6 Å². The molecule has 34 heavy (non-hydrogen) atoms. The Hall–Kier alpha value is -4.05. The van der Waals surface area contributed by atoms with Crippen LogP contribution in [0.2, 0.25) is 0 Å². The smallest absolute Gasteiger partial charge is 0.329 e. The van der Waals surface area contributed by atoms with E-state index in [4.69, 9.17) is 4.74 Å². The molecule has 0 heterocycles. The minimum absolute atomic E-state index is 0.115. The molecule has 0 saturated heterocycles. The molecule has 0 saturated carbocycles. The van der Waals surface area contributed by atoms with Gasteiger partial charge in [0.05, 0.1) is 11.9 Å². The molecule has 0 aliphatic rings. The van der Waals surface area contributed by atoms with Crippen LogP contribution >= 0.6 is 15.9 Å². The predicted octanol–water partition coefficient (Wildman–Crippen LogP) is 4.00. The summed E-state index contributed by atoms with van der Waals surface area (Å²) in [7, 11) is 0. The first-order valence-electron chi connectivity index (χ1n) is 9.99. The Labute approximate surface area is 203 Å². The summed E-state index contributed by atoms with van der Waals surface area (Å²) in [5, 5.41) is 8.63. The van der Waals surface area contributed by atoms with E-state index in [1.807, 2.05) is 19.1 Å². The van der Waals surface area contributed by atoms with Crippen molar-refractivity contribution in [2.45, 2.75) is 6.92 Å². The van der Waals surface area contributed by atoms with E-state index in [1.54, 1.807) is 30.3 Å². The SMILES string of the molecule is Cc1cc(NC(=O)COc2cccc(/C=N\NC(=O)C(=O)Nc3ccccc3F)c2)ccc1Br. The van der Waals surface area contributed by atoms with E-state index in [-0.39, 0.29) is 18.2 Å². The molecular formula is C24H20BrFN4O4. The summed E-state index contributed by atoms with van der Waals surface area (Å²) < 4.78 is 20.0. The van der Waals surface area contributed by atoms with Gasteiger partial charge in [-0.25, -0.2) is 9.82 Å². The number of hydrogen-bond acceptors (Lipinski definition) is 5. The number of rotatable bonds is 7. The van der Waals surface area contributed by atoms with Gasteiger partial charge >= 0.3 is 11.8 Å². The van der Waals surface area contributed by atoms with Gasteiger partial charge in [-0.15, -0.1) is 0 Å². The first kappa shape index (κ1) is 24.6. The fourth-order valence-electron chi connectivity index (χ4n) is 2.71. The second-order valence-electron chi connectivity index (χ2n) is 7.01. The molecule has 174 valence electrons. The van der Waals surface area contributed by atoms with Crippen molar-refractivity contribution in [3.8, 4) is 5.75 Å². The number of amides is 3. The zero-order chi connectivity index (χ0) is 24.5. The minimum Gasteiger partial charge on any atom is -0.484 e. The average Bonchev–Trinajstić information content (AvgIpc) is 2.82. The van der Waals surface area contributed by atoms with Gasteiger partial charge in [-0.05, 0) is 60.5 Å². The van der Waals surface area contributed by atoms with Crippen LogP contribution in [-0.2, 0) is 14.4 Å². The van der Waals surface area contributed by atoms with Crippen molar-refractivity contribution in [1.29, 1.82) is 0 Å². The summed E-state index contributed by atoms with van der Waals surface area (Å²) in [5.74, 6) is -2.70. The van der Waals surface area contributed by atoms with E-state index in [1.165, 1.54) is 24.4 Å². The van der Waals surface area contributed by atoms with Crippen molar-refractivity contribution >= 4 is 51.2 Å². The van der Waals surface area contributed by atoms with E-state index in [0.29, 0.717) is 17.0 Å². The third kappa shape index (κ3) is 7.24. The summed E-state index contributed by atoms with van der Waals surface area (Å²) >= 11 is 3.41. The third-order valence-corrected chi connectivity index (χ3v) is 5.27. The van der Waals surface area contributed by atoms with Crippen LogP contribution in [0.15, 0.2) is 76.3 Å². The lowest BCUT2D eigenvalue weighted by atomic mass is 10.2. The normalized spacial score (nSPS) is 10.6. The van der Waals surface area contributed by atoms with Gasteiger partial charge < -0.3 is 15.4 Å². The molecule has 0 aliphatic carbocycles. The second kappa shape index (κ2) is 11.7. The summed E-state index contributed by atoms with van der Waals surface area (Å²) in [6.45, 7) is 1.71. The molecule has 3 aromatic rings. The van der Waals surface area contributed by atoms with Crippen molar-refractivity contribution in [1.82, 2.24) is 5.43 Å². The molecule has 10 heteroatoms. The number of carbonyl (C=O) groups is 3. The number of aryl methyl sites for hydroxylation is 1. The van der Waals surface area contributed by atoms with Gasteiger partial charge in [-0.1, -0.05) is 40.2 Å². The maximum Gasteiger partial charge on any atom is 0.329 e. The first-order chi connectivity index (χ1) is 16.3. The molecule has 0 aliphatic heterocycles. The van der Waals surface area contributed by atoms with Gasteiger partial charge in [0.25, 0.3) is 5.91 Å². The van der Waals surface area contributed by atoms with Crippen molar-refractivity contribution in [2.75, 3.05) is 17.2 Å². The topological polar surface area (TPSA) is 109 Å². The molecule has 3 aromatic carbocycles. The highest BCUT2D eigenvalue weighted by atomic mass is 79.9. The Morgan fingerprint density at radius 2 is 1.79 bits per heavy atom. The number of hydrazone groups is 1. The second-order valence-corrected chi connectivity index (χ2v) is 7.86. The fraction of sp³-hybridized carbons (Fsp3) is 0.0833. The number of benzene rings is 3.